The second-order valence-corrected chi connectivity index (χ2v) is 7.48. The molecule has 5 rings (SSSR count). The van der Waals surface area contributed by atoms with E-state index in [0.29, 0.717) is 18.6 Å². The summed E-state index contributed by atoms with van der Waals surface area (Å²) in [5.74, 6) is 0.798. The number of hydrogen-bond donors (Lipinski definition) is 0. The maximum atomic E-state index is 14.1. The molecule has 25 heavy (non-hydrogen) atoms. The molecule has 5 heteroatoms. The third-order valence-corrected chi connectivity index (χ3v) is 6.02. The summed E-state index contributed by atoms with van der Waals surface area (Å²) < 4.78 is 14.1. The monoisotopic (exact) mass is 338 g/mol. The van der Waals surface area contributed by atoms with Crippen LogP contribution in [0.4, 0.5) is 10.3 Å². The van der Waals surface area contributed by atoms with Gasteiger partial charge in [-0.15, -0.1) is 0 Å². The quantitative estimate of drug-likeness (QED) is 0.858. The van der Waals surface area contributed by atoms with Crippen molar-refractivity contribution in [3.8, 4) is 0 Å². The lowest BCUT2D eigenvalue weighted by atomic mass is 9.98. The second kappa shape index (κ2) is 6.06. The highest BCUT2D eigenvalue weighted by molar-refractivity contribution is 5.38. The highest BCUT2D eigenvalue weighted by atomic mass is 19.1. The molecule has 0 amide bonds. The average molecular weight is 338 g/mol. The van der Waals surface area contributed by atoms with Crippen molar-refractivity contribution in [3.05, 3.63) is 53.1 Å². The van der Waals surface area contributed by atoms with Crippen molar-refractivity contribution in [3.63, 3.8) is 0 Å². The van der Waals surface area contributed by atoms with E-state index in [1.54, 1.807) is 12.1 Å². The summed E-state index contributed by atoms with van der Waals surface area (Å²) in [5.41, 5.74) is 3.26. The first-order valence-electron chi connectivity index (χ1n) is 9.39. The SMILES string of the molecule is Fc1ccccc1CN1C2CCC1c1cnc(N3CCCC3)nc1C2. The van der Waals surface area contributed by atoms with Crippen molar-refractivity contribution < 1.29 is 4.39 Å². The van der Waals surface area contributed by atoms with Crippen molar-refractivity contribution in [2.75, 3.05) is 18.0 Å². The molecule has 130 valence electrons. The van der Waals surface area contributed by atoms with Gasteiger partial charge in [0, 0.05) is 55.5 Å². The molecule has 2 unspecified atom stereocenters. The molecule has 2 bridgehead atoms. The van der Waals surface area contributed by atoms with Gasteiger partial charge in [-0.05, 0) is 31.7 Å². The highest BCUT2D eigenvalue weighted by Crippen LogP contribution is 2.44. The van der Waals surface area contributed by atoms with E-state index in [0.717, 1.165) is 43.9 Å². The van der Waals surface area contributed by atoms with Crippen LogP contribution in [0.1, 0.15) is 48.5 Å². The zero-order chi connectivity index (χ0) is 16.8. The van der Waals surface area contributed by atoms with Gasteiger partial charge < -0.3 is 4.90 Å². The Labute approximate surface area is 147 Å². The van der Waals surface area contributed by atoms with Crippen molar-refractivity contribution in [1.82, 2.24) is 14.9 Å². The zero-order valence-electron chi connectivity index (χ0n) is 14.4. The fourth-order valence-corrected chi connectivity index (χ4v) is 4.70. The number of rotatable bonds is 3. The minimum atomic E-state index is -0.103. The summed E-state index contributed by atoms with van der Waals surface area (Å²) in [6, 6.07) is 7.94. The topological polar surface area (TPSA) is 32.3 Å². The molecule has 2 aromatic rings. The summed E-state index contributed by atoms with van der Waals surface area (Å²) >= 11 is 0. The molecule has 1 aromatic carbocycles. The van der Waals surface area contributed by atoms with Crippen molar-refractivity contribution >= 4 is 5.95 Å². The van der Waals surface area contributed by atoms with Crippen molar-refractivity contribution in [2.45, 2.75) is 50.7 Å². The lowest BCUT2D eigenvalue weighted by Crippen LogP contribution is -2.38. The van der Waals surface area contributed by atoms with Gasteiger partial charge in [0.15, 0.2) is 0 Å². The maximum Gasteiger partial charge on any atom is 0.225 e. The summed E-state index contributed by atoms with van der Waals surface area (Å²) in [6.45, 7) is 2.82. The number of halogens is 1. The van der Waals surface area contributed by atoms with Gasteiger partial charge in [-0.25, -0.2) is 14.4 Å². The van der Waals surface area contributed by atoms with Gasteiger partial charge in [-0.1, -0.05) is 18.2 Å². The second-order valence-electron chi connectivity index (χ2n) is 7.48. The summed E-state index contributed by atoms with van der Waals surface area (Å²) in [7, 11) is 0. The van der Waals surface area contributed by atoms with Gasteiger partial charge in [-0.2, -0.15) is 0 Å². The Morgan fingerprint density at radius 2 is 1.96 bits per heavy atom. The molecule has 0 N–H and O–H groups in total. The molecule has 4 heterocycles. The minimum Gasteiger partial charge on any atom is -0.341 e. The number of fused-ring (bicyclic) bond motifs is 4. The van der Waals surface area contributed by atoms with Crippen LogP contribution >= 0.6 is 0 Å². The van der Waals surface area contributed by atoms with Crippen LogP contribution in [0.2, 0.25) is 0 Å². The van der Waals surface area contributed by atoms with Gasteiger partial charge in [0.2, 0.25) is 5.95 Å². The first-order valence-corrected chi connectivity index (χ1v) is 9.39. The van der Waals surface area contributed by atoms with Crippen LogP contribution in [0.25, 0.3) is 0 Å². The van der Waals surface area contributed by atoms with Gasteiger partial charge in [0.25, 0.3) is 0 Å². The van der Waals surface area contributed by atoms with Gasteiger partial charge in [0.05, 0.1) is 5.69 Å². The molecule has 2 atom stereocenters. The van der Waals surface area contributed by atoms with E-state index < -0.39 is 0 Å². The lowest BCUT2D eigenvalue weighted by Gasteiger charge is -2.36. The Morgan fingerprint density at radius 3 is 2.80 bits per heavy atom. The van der Waals surface area contributed by atoms with Crippen LogP contribution in [-0.4, -0.2) is 34.0 Å². The summed E-state index contributed by atoms with van der Waals surface area (Å²) in [6.07, 6.45) is 7.76. The molecule has 0 aliphatic carbocycles. The normalized spacial score (nSPS) is 25.4. The Bertz CT molecular complexity index is 787. The van der Waals surface area contributed by atoms with E-state index in [9.17, 15) is 4.39 Å². The Balaban J connectivity index is 1.43. The minimum absolute atomic E-state index is 0.103. The molecular weight excluding hydrogens is 315 g/mol. The number of benzene rings is 1. The molecule has 2 fully saturated rings. The van der Waals surface area contributed by atoms with Crippen LogP contribution in [0.15, 0.2) is 30.5 Å². The van der Waals surface area contributed by atoms with E-state index in [1.807, 2.05) is 18.3 Å². The molecule has 0 saturated carbocycles. The highest BCUT2D eigenvalue weighted by Gasteiger charge is 2.41. The van der Waals surface area contributed by atoms with Gasteiger partial charge in [0.1, 0.15) is 5.82 Å². The van der Waals surface area contributed by atoms with E-state index in [-0.39, 0.29) is 5.82 Å². The molecule has 3 aliphatic rings. The van der Waals surface area contributed by atoms with Crippen LogP contribution in [0, 0.1) is 5.82 Å². The summed E-state index contributed by atoms with van der Waals surface area (Å²) in [5, 5.41) is 0. The molecule has 1 aromatic heterocycles. The fourth-order valence-electron chi connectivity index (χ4n) is 4.70. The predicted octanol–water partition coefficient (Wildman–Crippen LogP) is 3.48. The first kappa shape index (κ1) is 15.3. The number of nitrogens with zero attached hydrogens (tertiary/aromatic N) is 4. The average Bonchev–Trinajstić information content (AvgIpc) is 3.25. The van der Waals surface area contributed by atoms with Crippen molar-refractivity contribution in [1.29, 1.82) is 0 Å². The third kappa shape index (κ3) is 2.61. The van der Waals surface area contributed by atoms with Gasteiger partial charge >= 0.3 is 0 Å². The van der Waals surface area contributed by atoms with Crippen LogP contribution < -0.4 is 4.90 Å². The van der Waals surface area contributed by atoms with Crippen molar-refractivity contribution in [2.24, 2.45) is 0 Å². The summed E-state index contributed by atoms with van der Waals surface area (Å²) in [4.78, 5) is 14.3. The zero-order valence-corrected chi connectivity index (χ0v) is 14.4. The molecular formula is C20H23FN4. The van der Waals surface area contributed by atoms with Crippen LogP contribution in [-0.2, 0) is 13.0 Å². The maximum absolute atomic E-state index is 14.1. The third-order valence-electron chi connectivity index (χ3n) is 6.02. The molecule has 3 aliphatic heterocycles. The Hall–Kier alpha value is -2.01. The smallest absolute Gasteiger partial charge is 0.225 e. The van der Waals surface area contributed by atoms with E-state index in [1.165, 1.54) is 24.1 Å². The van der Waals surface area contributed by atoms with E-state index in [2.05, 4.69) is 14.8 Å². The first-order chi connectivity index (χ1) is 12.3. The van der Waals surface area contributed by atoms with E-state index in [4.69, 9.17) is 4.98 Å². The molecule has 2 saturated heterocycles. The number of aromatic nitrogens is 2. The van der Waals surface area contributed by atoms with Crippen LogP contribution in [0.3, 0.4) is 0 Å². The fraction of sp³-hybridized carbons (Fsp3) is 0.500. The largest absolute Gasteiger partial charge is 0.341 e. The van der Waals surface area contributed by atoms with Crippen LogP contribution in [0.5, 0.6) is 0 Å². The van der Waals surface area contributed by atoms with Gasteiger partial charge in [-0.3, -0.25) is 4.90 Å². The molecule has 4 nitrogen and oxygen atoms in total. The standard InChI is InChI=1S/C20H23FN4/c21-17-6-2-1-5-14(17)13-25-15-7-8-19(25)16-12-22-20(23-18(16)11-15)24-9-3-4-10-24/h1-2,5-6,12,15,19H,3-4,7-11,13H2. The molecule has 0 spiro atoms. The molecule has 0 radical (unpaired) electrons. The predicted molar refractivity (Wildman–Crippen MR) is 94.9 cm³/mol. The number of anilines is 1. The number of hydrogen-bond acceptors (Lipinski definition) is 4. The Kier molecular flexibility index (Phi) is 3.70. The lowest BCUT2D eigenvalue weighted by molar-refractivity contribution is 0.164. The Morgan fingerprint density at radius 1 is 1.12 bits per heavy atom. The van der Waals surface area contributed by atoms with E-state index >= 15 is 0 Å².